The molecule has 0 aliphatic heterocycles. The maximum Gasteiger partial charge on any atom is 0.119 e. The van der Waals surface area contributed by atoms with Gasteiger partial charge < -0.3 is 10.5 Å². The Balaban J connectivity index is 0.00000220. The van der Waals surface area contributed by atoms with E-state index < -0.39 is 0 Å². The van der Waals surface area contributed by atoms with E-state index in [0.717, 1.165) is 12.2 Å². The summed E-state index contributed by atoms with van der Waals surface area (Å²) in [5.74, 6) is 1.38. The third kappa shape index (κ3) is 5.07. The van der Waals surface area contributed by atoms with Crippen molar-refractivity contribution in [2.24, 2.45) is 11.7 Å². The van der Waals surface area contributed by atoms with Gasteiger partial charge in [0.15, 0.2) is 0 Å². The minimum absolute atomic E-state index is 0. The molecule has 2 atom stereocenters. The van der Waals surface area contributed by atoms with Crippen molar-refractivity contribution in [1.82, 2.24) is 0 Å². The van der Waals surface area contributed by atoms with E-state index in [1.165, 1.54) is 11.1 Å². The summed E-state index contributed by atoms with van der Waals surface area (Å²) in [6.45, 7) is 4.95. The van der Waals surface area contributed by atoms with Gasteiger partial charge in [0.05, 0.1) is 0 Å². The Labute approximate surface area is 133 Å². The van der Waals surface area contributed by atoms with Gasteiger partial charge in [-0.2, -0.15) is 0 Å². The van der Waals surface area contributed by atoms with Crippen molar-refractivity contribution in [1.29, 1.82) is 0 Å². The Bertz CT molecular complexity index is 513. The van der Waals surface area contributed by atoms with Gasteiger partial charge in [-0.3, -0.25) is 0 Å². The molecule has 0 radical (unpaired) electrons. The smallest absolute Gasteiger partial charge is 0.119 e. The van der Waals surface area contributed by atoms with Crippen molar-refractivity contribution in [2.75, 3.05) is 0 Å². The standard InChI is InChI=1S/C18H23NO.ClH/c1-3-14(2)18(19)16-9-11-17(12-10-16)20-13-15-7-5-4-6-8-15;/h4-12,14,18H,3,13,19H2,1-2H3;1H/t14?,18-;/m0./s1. The van der Waals surface area contributed by atoms with Crippen molar-refractivity contribution in [3.05, 3.63) is 65.7 Å². The topological polar surface area (TPSA) is 35.2 Å². The molecule has 114 valence electrons. The molecule has 2 aromatic rings. The molecule has 0 amide bonds. The molecular weight excluding hydrogens is 282 g/mol. The van der Waals surface area contributed by atoms with Gasteiger partial charge in [0, 0.05) is 6.04 Å². The molecule has 3 heteroatoms. The number of benzene rings is 2. The fraction of sp³-hybridized carbons (Fsp3) is 0.333. The molecule has 2 N–H and O–H groups in total. The van der Waals surface area contributed by atoms with Crippen LogP contribution in [-0.4, -0.2) is 0 Å². The molecule has 2 nitrogen and oxygen atoms in total. The molecule has 2 aromatic carbocycles. The van der Waals surface area contributed by atoms with Gasteiger partial charge >= 0.3 is 0 Å². The predicted octanol–water partition coefficient (Wildman–Crippen LogP) is 4.73. The van der Waals surface area contributed by atoms with E-state index in [1.54, 1.807) is 0 Å². The van der Waals surface area contributed by atoms with Gasteiger partial charge in [-0.15, -0.1) is 12.4 Å². The maximum atomic E-state index is 6.22. The fourth-order valence-corrected chi connectivity index (χ4v) is 2.11. The monoisotopic (exact) mass is 305 g/mol. The molecule has 0 bridgehead atoms. The van der Waals surface area contributed by atoms with E-state index in [9.17, 15) is 0 Å². The van der Waals surface area contributed by atoms with Crippen LogP contribution >= 0.6 is 12.4 Å². The van der Waals surface area contributed by atoms with Gasteiger partial charge in [0.25, 0.3) is 0 Å². The van der Waals surface area contributed by atoms with Gasteiger partial charge in [-0.25, -0.2) is 0 Å². The summed E-state index contributed by atoms with van der Waals surface area (Å²) in [7, 11) is 0. The zero-order valence-corrected chi connectivity index (χ0v) is 13.5. The Hall–Kier alpha value is -1.51. The normalized spacial score (nSPS) is 13.1. The molecule has 0 spiro atoms. The van der Waals surface area contributed by atoms with E-state index in [0.29, 0.717) is 12.5 Å². The minimum Gasteiger partial charge on any atom is -0.489 e. The molecule has 0 aliphatic rings. The minimum atomic E-state index is 0. The molecule has 0 heterocycles. The van der Waals surface area contributed by atoms with Crippen LogP contribution in [0.4, 0.5) is 0 Å². The van der Waals surface area contributed by atoms with Crippen LogP contribution in [-0.2, 0) is 6.61 Å². The van der Waals surface area contributed by atoms with Crippen LogP contribution in [0.2, 0.25) is 0 Å². The average molecular weight is 306 g/mol. The quantitative estimate of drug-likeness (QED) is 0.837. The fourth-order valence-electron chi connectivity index (χ4n) is 2.11. The highest BCUT2D eigenvalue weighted by atomic mass is 35.5. The lowest BCUT2D eigenvalue weighted by atomic mass is 9.93. The van der Waals surface area contributed by atoms with Crippen molar-refractivity contribution < 1.29 is 4.74 Å². The predicted molar refractivity (Wildman–Crippen MR) is 90.8 cm³/mol. The number of hydrogen-bond acceptors (Lipinski definition) is 2. The zero-order valence-electron chi connectivity index (χ0n) is 12.7. The number of rotatable bonds is 6. The molecular formula is C18H24ClNO. The zero-order chi connectivity index (χ0) is 14.4. The highest BCUT2D eigenvalue weighted by molar-refractivity contribution is 5.85. The molecule has 0 fully saturated rings. The highest BCUT2D eigenvalue weighted by Crippen LogP contribution is 2.24. The average Bonchev–Trinajstić information content (AvgIpc) is 2.53. The van der Waals surface area contributed by atoms with Gasteiger partial charge in [-0.1, -0.05) is 62.7 Å². The van der Waals surface area contributed by atoms with E-state index >= 15 is 0 Å². The maximum absolute atomic E-state index is 6.22. The first kappa shape index (κ1) is 17.5. The van der Waals surface area contributed by atoms with Crippen LogP contribution in [0.5, 0.6) is 5.75 Å². The van der Waals surface area contributed by atoms with Crippen LogP contribution in [0.15, 0.2) is 54.6 Å². The first-order valence-corrected chi connectivity index (χ1v) is 7.23. The van der Waals surface area contributed by atoms with Crippen molar-refractivity contribution in [3.8, 4) is 5.75 Å². The van der Waals surface area contributed by atoms with Gasteiger partial charge in [-0.05, 0) is 29.2 Å². The Morgan fingerprint density at radius 3 is 2.19 bits per heavy atom. The molecule has 0 aliphatic carbocycles. The van der Waals surface area contributed by atoms with Crippen molar-refractivity contribution in [2.45, 2.75) is 32.9 Å². The summed E-state index contributed by atoms with van der Waals surface area (Å²) in [6.07, 6.45) is 1.09. The Kier molecular flexibility index (Phi) is 7.27. The van der Waals surface area contributed by atoms with Crippen LogP contribution < -0.4 is 10.5 Å². The lowest BCUT2D eigenvalue weighted by Gasteiger charge is -2.19. The first-order chi connectivity index (χ1) is 9.70. The number of ether oxygens (including phenoxy) is 1. The molecule has 0 saturated heterocycles. The molecule has 21 heavy (non-hydrogen) atoms. The van der Waals surface area contributed by atoms with E-state index in [4.69, 9.17) is 10.5 Å². The second kappa shape index (κ2) is 8.71. The van der Waals surface area contributed by atoms with Crippen LogP contribution in [0.1, 0.15) is 37.4 Å². The van der Waals surface area contributed by atoms with E-state index in [-0.39, 0.29) is 18.4 Å². The Morgan fingerprint density at radius 2 is 1.62 bits per heavy atom. The Morgan fingerprint density at radius 1 is 1.00 bits per heavy atom. The summed E-state index contributed by atoms with van der Waals surface area (Å²) >= 11 is 0. The van der Waals surface area contributed by atoms with E-state index in [2.05, 4.69) is 38.1 Å². The lowest BCUT2D eigenvalue weighted by molar-refractivity contribution is 0.306. The van der Waals surface area contributed by atoms with Crippen molar-refractivity contribution >= 4 is 12.4 Å². The molecule has 0 saturated carbocycles. The summed E-state index contributed by atoms with van der Waals surface area (Å²) < 4.78 is 5.77. The van der Waals surface area contributed by atoms with Gasteiger partial charge in [0.1, 0.15) is 12.4 Å². The van der Waals surface area contributed by atoms with Crippen LogP contribution in [0, 0.1) is 5.92 Å². The number of hydrogen-bond donors (Lipinski definition) is 1. The largest absolute Gasteiger partial charge is 0.489 e. The SMILES string of the molecule is CCC(C)[C@H](N)c1ccc(OCc2ccccc2)cc1.Cl. The second-order valence-corrected chi connectivity index (χ2v) is 5.25. The lowest BCUT2D eigenvalue weighted by Crippen LogP contribution is -2.18. The highest BCUT2D eigenvalue weighted by Gasteiger charge is 2.12. The van der Waals surface area contributed by atoms with Crippen molar-refractivity contribution in [3.63, 3.8) is 0 Å². The number of nitrogens with two attached hydrogens (primary N) is 1. The third-order valence-corrected chi connectivity index (χ3v) is 3.77. The number of halogens is 1. The molecule has 2 rings (SSSR count). The summed E-state index contributed by atoms with van der Waals surface area (Å²) in [4.78, 5) is 0. The van der Waals surface area contributed by atoms with E-state index in [1.807, 2.05) is 30.3 Å². The summed E-state index contributed by atoms with van der Waals surface area (Å²) in [6, 6.07) is 18.4. The first-order valence-electron chi connectivity index (χ1n) is 7.23. The second-order valence-electron chi connectivity index (χ2n) is 5.25. The van der Waals surface area contributed by atoms with Crippen LogP contribution in [0.3, 0.4) is 0 Å². The summed E-state index contributed by atoms with van der Waals surface area (Å²) in [5, 5.41) is 0. The molecule has 0 aromatic heterocycles. The molecule has 1 unspecified atom stereocenters. The van der Waals surface area contributed by atoms with Crippen LogP contribution in [0.25, 0.3) is 0 Å². The third-order valence-electron chi connectivity index (χ3n) is 3.77. The van der Waals surface area contributed by atoms with Gasteiger partial charge in [0.2, 0.25) is 0 Å². The summed E-state index contributed by atoms with van der Waals surface area (Å²) in [5.41, 5.74) is 8.57.